The molecule has 0 saturated heterocycles. The molecule has 1 atom stereocenters. The summed E-state index contributed by atoms with van der Waals surface area (Å²) in [6.45, 7) is 2.05. The smallest absolute Gasteiger partial charge is 0.240 e. The van der Waals surface area contributed by atoms with Crippen LogP contribution in [0.25, 0.3) is 0 Å². The number of halogens is 2. The van der Waals surface area contributed by atoms with Crippen molar-refractivity contribution in [3.63, 3.8) is 0 Å². The van der Waals surface area contributed by atoms with E-state index in [4.69, 9.17) is 22.6 Å². The van der Waals surface area contributed by atoms with Gasteiger partial charge in [0.2, 0.25) is 10.0 Å². The SMILES string of the molecule is CC(N)CCNS(=O)(=O)c1ccc(Cl)c(C#N)c1.Cl. The number of nitrogens with zero attached hydrogens (tertiary/aromatic N) is 1. The van der Waals surface area contributed by atoms with Crippen molar-refractivity contribution in [2.24, 2.45) is 5.73 Å². The van der Waals surface area contributed by atoms with Crippen LogP contribution in [0.4, 0.5) is 0 Å². The number of nitrogens with one attached hydrogen (secondary N) is 1. The van der Waals surface area contributed by atoms with Crippen molar-refractivity contribution in [1.29, 1.82) is 5.26 Å². The van der Waals surface area contributed by atoms with Crippen LogP contribution in [0.5, 0.6) is 0 Å². The van der Waals surface area contributed by atoms with Crippen LogP contribution in [0.1, 0.15) is 18.9 Å². The first kappa shape index (κ1) is 18.2. The van der Waals surface area contributed by atoms with Crippen LogP contribution >= 0.6 is 24.0 Å². The number of benzene rings is 1. The van der Waals surface area contributed by atoms with E-state index in [2.05, 4.69) is 4.72 Å². The fourth-order valence-electron chi connectivity index (χ4n) is 1.26. The molecule has 1 unspecified atom stereocenters. The summed E-state index contributed by atoms with van der Waals surface area (Å²) in [6.07, 6.45) is 0.540. The zero-order valence-electron chi connectivity index (χ0n) is 10.3. The molecule has 0 aliphatic carbocycles. The van der Waals surface area contributed by atoms with Crippen molar-refractivity contribution in [3.8, 4) is 6.07 Å². The third-order valence-corrected chi connectivity index (χ3v) is 4.05. The van der Waals surface area contributed by atoms with E-state index in [1.165, 1.54) is 18.2 Å². The monoisotopic (exact) mass is 323 g/mol. The number of hydrogen-bond donors (Lipinski definition) is 2. The van der Waals surface area contributed by atoms with Gasteiger partial charge >= 0.3 is 0 Å². The fraction of sp³-hybridized carbons (Fsp3) is 0.364. The van der Waals surface area contributed by atoms with E-state index in [-0.39, 0.29) is 40.5 Å². The van der Waals surface area contributed by atoms with Crippen molar-refractivity contribution in [1.82, 2.24) is 4.72 Å². The van der Waals surface area contributed by atoms with Gasteiger partial charge in [0.1, 0.15) is 6.07 Å². The molecule has 1 rings (SSSR count). The highest BCUT2D eigenvalue weighted by Crippen LogP contribution is 2.19. The van der Waals surface area contributed by atoms with E-state index in [1.807, 2.05) is 6.07 Å². The molecular formula is C11H15Cl2N3O2S. The van der Waals surface area contributed by atoms with Gasteiger partial charge in [-0.15, -0.1) is 12.4 Å². The standard InChI is InChI=1S/C11H14ClN3O2S.ClH/c1-8(14)4-5-15-18(16,17)10-2-3-11(12)9(6-10)7-13;/h2-3,6,8,15H,4-5,14H2,1H3;1H. The summed E-state index contributed by atoms with van der Waals surface area (Å²) in [5.74, 6) is 0. The average Bonchev–Trinajstić information content (AvgIpc) is 2.28. The Morgan fingerprint density at radius 1 is 1.53 bits per heavy atom. The van der Waals surface area contributed by atoms with Crippen LogP contribution in [0.15, 0.2) is 23.1 Å². The van der Waals surface area contributed by atoms with Crippen molar-refractivity contribution in [2.45, 2.75) is 24.3 Å². The Labute approximate surface area is 124 Å². The lowest BCUT2D eigenvalue weighted by molar-refractivity contribution is 0.572. The second-order valence-electron chi connectivity index (χ2n) is 3.92. The number of sulfonamides is 1. The molecule has 0 spiro atoms. The lowest BCUT2D eigenvalue weighted by atomic mass is 10.2. The summed E-state index contributed by atoms with van der Waals surface area (Å²) in [7, 11) is -3.62. The first-order chi connectivity index (χ1) is 8.36. The highest BCUT2D eigenvalue weighted by Gasteiger charge is 2.15. The average molecular weight is 324 g/mol. The normalized spacial score (nSPS) is 12.3. The fourth-order valence-corrected chi connectivity index (χ4v) is 2.49. The third-order valence-electron chi connectivity index (χ3n) is 2.26. The van der Waals surface area contributed by atoms with E-state index in [1.54, 1.807) is 6.92 Å². The minimum absolute atomic E-state index is 0. The molecule has 0 aliphatic heterocycles. The van der Waals surface area contributed by atoms with Gasteiger partial charge in [-0.3, -0.25) is 0 Å². The molecule has 0 fully saturated rings. The second kappa shape index (κ2) is 7.68. The molecule has 0 aliphatic rings. The highest BCUT2D eigenvalue weighted by molar-refractivity contribution is 7.89. The highest BCUT2D eigenvalue weighted by atomic mass is 35.5. The Bertz CT molecular complexity index is 568. The van der Waals surface area contributed by atoms with Gasteiger partial charge in [-0.2, -0.15) is 5.26 Å². The number of hydrogen-bond acceptors (Lipinski definition) is 4. The zero-order valence-corrected chi connectivity index (χ0v) is 12.6. The van der Waals surface area contributed by atoms with Crippen LogP contribution in [-0.2, 0) is 10.0 Å². The van der Waals surface area contributed by atoms with Gasteiger partial charge in [0.05, 0.1) is 15.5 Å². The van der Waals surface area contributed by atoms with Crippen LogP contribution < -0.4 is 10.5 Å². The summed E-state index contributed by atoms with van der Waals surface area (Å²) in [5.41, 5.74) is 5.66. The Morgan fingerprint density at radius 3 is 2.68 bits per heavy atom. The van der Waals surface area contributed by atoms with Gasteiger partial charge < -0.3 is 5.73 Å². The predicted molar refractivity (Wildman–Crippen MR) is 76.9 cm³/mol. The Kier molecular flexibility index (Phi) is 7.34. The Hall–Kier alpha value is -0.840. The molecule has 0 aromatic heterocycles. The molecule has 106 valence electrons. The van der Waals surface area contributed by atoms with Gasteiger partial charge in [-0.25, -0.2) is 13.1 Å². The summed E-state index contributed by atoms with van der Waals surface area (Å²) in [4.78, 5) is 0.0214. The maximum absolute atomic E-state index is 11.9. The van der Waals surface area contributed by atoms with Gasteiger partial charge in [0.15, 0.2) is 0 Å². The van der Waals surface area contributed by atoms with Crippen LogP contribution in [0, 0.1) is 11.3 Å². The molecule has 0 saturated carbocycles. The molecule has 0 heterocycles. The molecule has 1 aromatic rings. The summed E-state index contributed by atoms with van der Waals surface area (Å²) in [5, 5.41) is 9.02. The molecule has 19 heavy (non-hydrogen) atoms. The Morgan fingerprint density at radius 2 is 2.16 bits per heavy atom. The lowest BCUT2D eigenvalue weighted by Gasteiger charge is -2.08. The number of rotatable bonds is 5. The zero-order chi connectivity index (χ0) is 13.8. The maximum atomic E-state index is 11.9. The number of nitriles is 1. The van der Waals surface area contributed by atoms with Crippen molar-refractivity contribution < 1.29 is 8.42 Å². The van der Waals surface area contributed by atoms with Crippen LogP contribution in [0.3, 0.4) is 0 Å². The van der Waals surface area contributed by atoms with Crippen molar-refractivity contribution >= 4 is 34.0 Å². The van der Waals surface area contributed by atoms with E-state index in [0.717, 1.165) is 0 Å². The summed E-state index contributed by atoms with van der Waals surface area (Å²) < 4.78 is 26.2. The minimum atomic E-state index is -3.62. The lowest BCUT2D eigenvalue weighted by Crippen LogP contribution is -2.29. The van der Waals surface area contributed by atoms with E-state index in [9.17, 15) is 8.42 Å². The topological polar surface area (TPSA) is 96.0 Å². The quantitative estimate of drug-likeness (QED) is 0.861. The second-order valence-corrected chi connectivity index (χ2v) is 6.09. The summed E-state index contributed by atoms with van der Waals surface area (Å²) in [6, 6.07) is 5.76. The molecule has 0 radical (unpaired) electrons. The van der Waals surface area contributed by atoms with Crippen molar-refractivity contribution in [2.75, 3.05) is 6.54 Å². The predicted octanol–water partition coefficient (Wildman–Crippen LogP) is 1.65. The van der Waals surface area contributed by atoms with E-state index >= 15 is 0 Å². The van der Waals surface area contributed by atoms with Crippen LogP contribution in [-0.4, -0.2) is 21.0 Å². The molecule has 8 heteroatoms. The maximum Gasteiger partial charge on any atom is 0.240 e. The van der Waals surface area contributed by atoms with E-state index < -0.39 is 10.0 Å². The molecule has 0 amide bonds. The Balaban J connectivity index is 0.00000324. The van der Waals surface area contributed by atoms with Gasteiger partial charge in [0, 0.05) is 12.6 Å². The van der Waals surface area contributed by atoms with Gasteiger partial charge in [0.25, 0.3) is 0 Å². The van der Waals surface area contributed by atoms with Gasteiger partial charge in [-0.05, 0) is 31.5 Å². The minimum Gasteiger partial charge on any atom is -0.328 e. The summed E-state index contributed by atoms with van der Waals surface area (Å²) >= 11 is 5.74. The molecule has 3 N–H and O–H groups in total. The largest absolute Gasteiger partial charge is 0.328 e. The molecule has 1 aromatic carbocycles. The first-order valence-electron chi connectivity index (χ1n) is 5.31. The number of nitrogens with two attached hydrogens (primary N) is 1. The van der Waals surface area contributed by atoms with Gasteiger partial charge in [-0.1, -0.05) is 11.6 Å². The third kappa shape index (κ3) is 5.35. The van der Waals surface area contributed by atoms with E-state index in [0.29, 0.717) is 6.42 Å². The first-order valence-corrected chi connectivity index (χ1v) is 7.18. The molecule has 0 bridgehead atoms. The molecular weight excluding hydrogens is 309 g/mol. The molecule has 5 nitrogen and oxygen atoms in total. The van der Waals surface area contributed by atoms with Crippen molar-refractivity contribution in [3.05, 3.63) is 28.8 Å². The van der Waals surface area contributed by atoms with Crippen LogP contribution in [0.2, 0.25) is 5.02 Å².